The summed E-state index contributed by atoms with van der Waals surface area (Å²) < 4.78 is 25.0. The van der Waals surface area contributed by atoms with E-state index in [-0.39, 0.29) is 16.4 Å². The quantitative estimate of drug-likeness (QED) is 0.826. The van der Waals surface area contributed by atoms with E-state index in [1.807, 2.05) is 13.8 Å². The maximum absolute atomic E-state index is 12.5. The molecule has 1 rings (SSSR count). The van der Waals surface area contributed by atoms with E-state index >= 15 is 0 Å². The Balaban J connectivity index is 2.90. The van der Waals surface area contributed by atoms with Crippen LogP contribution in [0.1, 0.15) is 52.9 Å². The Morgan fingerprint density at radius 1 is 1.29 bits per heavy atom. The van der Waals surface area contributed by atoms with Gasteiger partial charge in [-0.2, -0.15) is 0 Å². The highest BCUT2D eigenvalue weighted by Gasteiger charge is 2.39. The first-order chi connectivity index (χ1) is 7.97. The molecular formula is C13H27NO2S. The van der Waals surface area contributed by atoms with Crippen LogP contribution in [0.4, 0.5) is 0 Å². The highest BCUT2D eigenvalue weighted by molar-refractivity contribution is 7.92. The van der Waals surface area contributed by atoms with Crippen molar-refractivity contribution < 1.29 is 8.42 Å². The van der Waals surface area contributed by atoms with Gasteiger partial charge in [0, 0.05) is 0 Å². The molecule has 0 aromatic heterocycles. The molecule has 0 aromatic rings. The molecule has 0 amide bonds. The van der Waals surface area contributed by atoms with Gasteiger partial charge in [0.15, 0.2) is 9.84 Å². The van der Waals surface area contributed by atoms with Gasteiger partial charge in [0.1, 0.15) is 0 Å². The Kier molecular flexibility index (Phi) is 5.45. The fraction of sp³-hybridized carbons (Fsp3) is 1.00. The first-order valence-corrected chi connectivity index (χ1v) is 8.51. The molecule has 1 aliphatic carbocycles. The molecule has 0 heterocycles. The molecule has 2 N–H and O–H groups in total. The van der Waals surface area contributed by atoms with Crippen molar-refractivity contribution in [2.24, 2.45) is 17.6 Å². The van der Waals surface area contributed by atoms with Crippen molar-refractivity contribution in [2.45, 2.75) is 63.4 Å². The van der Waals surface area contributed by atoms with Crippen molar-refractivity contribution >= 4 is 9.84 Å². The van der Waals surface area contributed by atoms with Gasteiger partial charge in [-0.3, -0.25) is 0 Å². The molecule has 1 saturated carbocycles. The summed E-state index contributed by atoms with van der Waals surface area (Å²) in [6.45, 7) is 6.44. The summed E-state index contributed by atoms with van der Waals surface area (Å²) in [5.41, 5.74) is 5.75. The maximum Gasteiger partial charge on any atom is 0.156 e. The van der Waals surface area contributed by atoms with Gasteiger partial charge in [-0.1, -0.05) is 26.7 Å². The molecule has 0 radical (unpaired) electrons. The van der Waals surface area contributed by atoms with Crippen molar-refractivity contribution in [3.05, 3.63) is 0 Å². The van der Waals surface area contributed by atoms with Gasteiger partial charge < -0.3 is 5.73 Å². The molecule has 17 heavy (non-hydrogen) atoms. The second-order valence-electron chi connectivity index (χ2n) is 5.43. The second kappa shape index (κ2) is 6.19. The average Bonchev–Trinajstić information content (AvgIpc) is 2.36. The molecule has 0 spiro atoms. The summed E-state index contributed by atoms with van der Waals surface area (Å²) in [6, 6.07) is 0. The van der Waals surface area contributed by atoms with E-state index in [2.05, 4.69) is 6.92 Å². The zero-order valence-electron chi connectivity index (χ0n) is 11.4. The first kappa shape index (κ1) is 15.0. The standard InChI is InChI=1S/C13H27NO2S/c1-4-10(3)17(15,16)13-8-11(5-2)6-7-12(13)9-14/h10-13H,4-9,14H2,1-3H3. The van der Waals surface area contributed by atoms with E-state index in [9.17, 15) is 8.42 Å². The van der Waals surface area contributed by atoms with E-state index in [0.29, 0.717) is 18.9 Å². The maximum atomic E-state index is 12.5. The minimum atomic E-state index is -3.00. The molecule has 102 valence electrons. The molecule has 4 heteroatoms. The Morgan fingerprint density at radius 2 is 1.94 bits per heavy atom. The lowest BCUT2D eigenvalue weighted by molar-refractivity contribution is 0.274. The highest BCUT2D eigenvalue weighted by Crippen LogP contribution is 2.36. The number of rotatable bonds is 5. The van der Waals surface area contributed by atoms with Crippen LogP contribution in [0.3, 0.4) is 0 Å². The molecule has 4 atom stereocenters. The van der Waals surface area contributed by atoms with Crippen molar-refractivity contribution in [2.75, 3.05) is 6.54 Å². The van der Waals surface area contributed by atoms with Gasteiger partial charge in [-0.15, -0.1) is 0 Å². The average molecular weight is 261 g/mol. The molecule has 4 unspecified atom stereocenters. The van der Waals surface area contributed by atoms with Crippen LogP contribution >= 0.6 is 0 Å². The number of hydrogen-bond acceptors (Lipinski definition) is 3. The lowest BCUT2D eigenvalue weighted by Crippen LogP contribution is -2.43. The fourth-order valence-corrected chi connectivity index (χ4v) is 5.23. The third-order valence-corrected chi connectivity index (χ3v) is 7.35. The highest BCUT2D eigenvalue weighted by atomic mass is 32.2. The van der Waals surface area contributed by atoms with Gasteiger partial charge in [0.2, 0.25) is 0 Å². The predicted octanol–water partition coefficient (Wildman–Crippen LogP) is 2.35. The van der Waals surface area contributed by atoms with Crippen molar-refractivity contribution in [3.63, 3.8) is 0 Å². The molecule has 0 saturated heterocycles. The number of sulfone groups is 1. The first-order valence-electron chi connectivity index (χ1n) is 6.90. The molecule has 0 aliphatic heterocycles. The summed E-state index contributed by atoms with van der Waals surface area (Å²) in [5, 5.41) is -0.418. The van der Waals surface area contributed by atoms with Crippen LogP contribution in [-0.2, 0) is 9.84 Å². The van der Waals surface area contributed by atoms with E-state index in [1.54, 1.807) is 0 Å². The Morgan fingerprint density at radius 3 is 2.41 bits per heavy atom. The SMILES string of the molecule is CCC1CCC(CN)C(S(=O)(=O)C(C)CC)C1. The van der Waals surface area contributed by atoms with Crippen molar-refractivity contribution in [3.8, 4) is 0 Å². The smallest absolute Gasteiger partial charge is 0.156 e. The lowest BCUT2D eigenvalue weighted by atomic mass is 9.80. The van der Waals surface area contributed by atoms with Crippen LogP contribution in [0.2, 0.25) is 0 Å². The summed E-state index contributed by atoms with van der Waals surface area (Å²) in [5.74, 6) is 0.749. The minimum absolute atomic E-state index is 0.178. The monoisotopic (exact) mass is 261 g/mol. The molecule has 1 aliphatic rings. The zero-order chi connectivity index (χ0) is 13.1. The fourth-order valence-electron chi connectivity index (χ4n) is 2.85. The normalized spacial score (nSPS) is 32.4. The lowest BCUT2D eigenvalue weighted by Gasteiger charge is -2.36. The molecule has 0 aromatic carbocycles. The van der Waals surface area contributed by atoms with Gasteiger partial charge in [-0.05, 0) is 44.6 Å². The van der Waals surface area contributed by atoms with Crippen LogP contribution in [0.15, 0.2) is 0 Å². The minimum Gasteiger partial charge on any atom is -0.330 e. The third-order valence-electron chi connectivity index (χ3n) is 4.47. The summed E-state index contributed by atoms with van der Waals surface area (Å²) in [4.78, 5) is 0. The van der Waals surface area contributed by atoms with Crippen LogP contribution in [0, 0.1) is 11.8 Å². The van der Waals surface area contributed by atoms with Crippen LogP contribution in [0.5, 0.6) is 0 Å². The van der Waals surface area contributed by atoms with Crippen LogP contribution in [-0.4, -0.2) is 25.5 Å². The van der Waals surface area contributed by atoms with Crippen LogP contribution < -0.4 is 5.73 Å². The Labute approximate surface area is 106 Å². The molecular weight excluding hydrogens is 234 g/mol. The molecule has 1 fully saturated rings. The zero-order valence-corrected chi connectivity index (χ0v) is 12.2. The Hall–Kier alpha value is -0.0900. The van der Waals surface area contributed by atoms with Gasteiger partial charge >= 0.3 is 0 Å². The number of nitrogens with two attached hydrogens (primary N) is 1. The predicted molar refractivity (Wildman–Crippen MR) is 72.6 cm³/mol. The topological polar surface area (TPSA) is 60.2 Å². The summed E-state index contributed by atoms with van der Waals surface area (Å²) in [6.07, 6.45) is 4.74. The van der Waals surface area contributed by atoms with E-state index in [4.69, 9.17) is 5.73 Å². The van der Waals surface area contributed by atoms with Crippen molar-refractivity contribution in [1.29, 1.82) is 0 Å². The van der Waals surface area contributed by atoms with Gasteiger partial charge in [0.05, 0.1) is 10.5 Å². The van der Waals surface area contributed by atoms with E-state index in [1.165, 1.54) is 0 Å². The molecule has 0 bridgehead atoms. The molecule has 3 nitrogen and oxygen atoms in total. The van der Waals surface area contributed by atoms with Crippen LogP contribution in [0.25, 0.3) is 0 Å². The number of hydrogen-bond donors (Lipinski definition) is 1. The van der Waals surface area contributed by atoms with Gasteiger partial charge in [0.25, 0.3) is 0 Å². The Bertz CT molecular complexity index is 326. The largest absolute Gasteiger partial charge is 0.330 e. The second-order valence-corrected chi connectivity index (χ2v) is 8.02. The van der Waals surface area contributed by atoms with E-state index < -0.39 is 9.84 Å². The summed E-state index contributed by atoms with van der Waals surface area (Å²) >= 11 is 0. The summed E-state index contributed by atoms with van der Waals surface area (Å²) in [7, 11) is -3.00. The van der Waals surface area contributed by atoms with Gasteiger partial charge in [-0.25, -0.2) is 8.42 Å². The third kappa shape index (κ3) is 3.22. The van der Waals surface area contributed by atoms with E-state index in [0.717, 1.165) is 25.7 Å². The van der Waals surface area contributed by atoms with Crippen molar-refractivity contribution in [1.82, 2.24) is 0 Å².